The van der Waals surface area contributed by atoms with Crippen molar-refractivity contribution < 1.29 is 4.79 Å². The third kappa shape index (κ3) is 2.90. The zero-order valence-electron chi connectivity index (χ0n) is 13.6. The zero-order chi connectivity index (χ0) is 16.4. The van der Waals surface area contributed by atoms with Crippen LogP contribution in [0.5, 0.6) is 0 Å². The van der Waals surface area contributed by atoms with E-state index in [-0.39, 0.29) is 5.91 Å². The molecule has 0 radical (unpaired) electrons. The summed E-state index contributed by atoms with van der Waals surface area (Å²) in [6.45, 7) is 4.36. The van der Waals surface area contributed by atoms with E-state index in [1.54, 1.807) is 0 Å². The lowest BCUT2D eigenvalue weighted by Gasteiger charge is -2.09. The molecular weight excluding hydrogens is 288 g/mol. The van der Waals surface area contributed by atoms with Crippen LogP contribution in [0, 0.1) is 13.8 Å². The number of H-pyrrole nitrogens is 1. The molecule has 5 nitrogen and oxygen atoms in total. The van der Waals surface area contributed by atoms with E-state index >= 15 is 0 Å². The van der Waals surface area contributed by atoms with Gasteiger partial charge in [0.05, 0.1) is 5.69 Å². The average molecular weight is 308 g/mol. The molecule has 0 fully saturated rings. The molecule has 2 heterocycles. The highest BCUT2D eigenvalue weighted by atomic mass is 16.1. The Hall–Kier alpha value is -2.82. The molecule has 0 unspecified atom stereocenters. The van der Waals surface area contributed by atoms with Gasteiger partial charge in [0.1, 0.15) is 5.69 Å². The van der Waals surface area contributed by atoms with Crippen LogP contribution in [0.3, 0.4) is 0 Å². The first-order valence-corrected chi connectivity index (χ1v) is 7.57. The summed E-state index contributed by atoms with van der Waals surface area (Å²) in [7, 11) is 1.91. The molecular formula is C18H20N4O. The maximum absolute atomic E-state index is 12.5. The average Bonchev–Trinajstić information content (AvgIpc) is 3.09. The number of rotatable bonds is 4. The second-order valence-corrected chi connectivity index (χ2v) is 5.62. The fourth-order valence-corrected chi connectivity index (χ4v) is 2.73. The second-order valence-electron chi connectivity index (χ2n) is 5.62. The van der Waals surface area contributed by atoms with E-state index in [2.05, 4.69) is 15.5 Å². The summed E-state index contributed by atoms with van der Waals surface area (Å²) < 4.78 is 1.92. The zero-order valence-corrected chi connectivity index (χ0v) is 13.6. The normalized spacial score (nSPS) is 10.7. The van der Waals surface area contributed by atoms with Crippen LogP contribution in [0.15, 0.2) is 42.5 Å². The standard InChI is InChI=1S/C18H20N4O/c1-12-15(13(2)21-20-12)11-19-18(23)17-10-9-16(22(17)3)14-7-5-4-6-8-14/h4-10H,11H2,1-3H3,(H,19,23)(H,20,21). The number of carbonyl (C=O) groups is 1. The van der Waals surface area contributed by atoms with Gasteiger partial charge in [0.2, 0.25) is 0 Å². The molecule has 0 aliphatic rings. The van der Waals surface area contributed by atoms with Crippen molar-refractivity contribution in [2.75, 3.05) is 0 Å². The molecule has 0 saturated carbocycles. The van der Waals surface area contributed by atoms with E-state index in [4.69, 9.17) is 0 Å². The maximum Gasteiger partial charge on any atom is 0.268 e. The van der Waals surface area contributed by atoms with Gasteiger partial charge in [0.25, 0.3) is 5.91 Å². The van der Waals surface area contributed by atoms with E-state index in [9.17, 15) is 4.79 Å². The first-order chi connectivity index (χ1) is 11.1. The van der Waals surface area contributed by atoms with Crippen molar-refractivity contribution in [3.8, 4) is 11.3 Å². The molecule has 3 rings (SSSR count). The van der Waals surface area contributed by atoms with Crippen LogP contribution < -0.4 is 5.32 Å². The summed E-state index contributed by atoms with van der Waals surface area (Å²) in [4.78, 5) is 12.5. The Balaban J connectivity index is 1.77. The Kier molecular flexibility index (Phi) is 4.02. The number of nitrogens with zero attached hydrogens (tertiary/aromatic N) is 2. The van der Waals surface area contributed by atoms with Crippen LogP contribution in [0.25, 0.3) is 11.3 Å². The van der Waals surface area contributed by atoms with Gasteiger partial charge in [-0.3, -0.25) is 9.89 Å². The van der Waals surface area contributed by atoms with Crippen LogP contribution in [-0.4, -0.2) is 20.7 Å². The van der Waals surface area contributed by atoms with E-state index < -0.39 is 0 Å². The Morgan fingerprint density at radius 3 is 2.57 bits per heavy atom. The van der Waals surface area contributed by atoms with Crippen LogP contribution in [0.1, 0.15) is 27.4 Å². The van der Waals surface area contributed by atoms with Crippen molar-refractivity contribution in [3.63, 3.8) is 0 Å². The third-order valence-electron chi connectivity index (χ3n) is 4.13. The molecule has 0 bridgehead atoms. The van der Waals surface area contributed by atoms with Crippen LogP contribution >= 0.6 is 0 Å². The highest BCUT2D eigenvalue weighted by Gasteiger charge is 2.14. The first-order valence-electron chi connectivity index (χ1n) is 7.57. The van der Waals surface area contributed by atoms with Crippen molar-refractivity contribution in [1.82, 2.24) is 20.1 Å². The monoisotopic (exact) mass is 308 g/mol. The fraction of sp³-hybridized carbons (Fsp3) is 0.222. The predicted molar refractivity (Wildman–Crippen MR) is 90.1 cm³/mol. The molecule has 1 amide bonds. The van der Waals surface area contributed by atoms with Gasteiger partial charge in [-0.2, -0.15) is 5.10 Å². The van der Waals surface area contributed by atoms with Gasteiger partial charge in [-0.25, -0.2) is 0 Å². The van der Waals surface area contributed by atoms with Crippen LogP contribution in [-0.2, 0) is 13.6 Å². The van der Waals surface area contributed by atoms with E-state index in [1.807, 2.05) is 67.9 Å². The predicted octanol–water partition coefficient (Wildman–Crippen LogP) is 2.96. The fourth-order valence-electron chi connectivity index (χ4n) is 2.73. The molecule has 3 aromatic rings. The minimum Gasteiger partial charge on any atom is -0.347 e. The molecule has 1 aromatic carbocycles. The number of carbonyl (C=O) groups excluding carboxylic acids is 1. The quantitative estimate of drug-likeness (QED) is 0.778. The molecule has 2 N–H and O–H groups in total. The number of aromatic amines is 1. The third-order valence-corrected chi connectivity index (χ3v) is 4.13. The summed E-state index contributed by atoms with van der Waals surface area (Å²) in [5.41, 5.74) is 5.69. The van der Waals surface area contributed by atoms with Gasteiger partial charge in [0, 0.05) is 30.5 Å². The molecule has 0 aliphatic heterocycles. The number of nitrogens with one attached hydrogen (secondary N) is 2. The van der Waals surface area contributed by atoms with Gasteiger partial charge in [0.15, 0.2) is 0 Å². The summed E-state index contributed by atoms with van der Waals surface area (Å²) >= 11 is 0. The Morgan fingerprint density at radius 1 is 1.17 bits per heavy atom. The minimum atomic E-state index is -0.0883. The van der Waals surface area contributed by atoms with Gasteiger partial charge in [-0.1, -0.05) is 30.3 Å². The summed E-state index contributed by atoms with van der Waals surface area (Å²) in [6.07, 6.45) is 0. The Labute approximate surface area is 135 Å². The summed E-state index contributed by atoms with van der Waals surface area (Å²) in [5, 5.41) is 10.0. The molecule has 5 heteroatoms. The van der Waals surface area contributed by atoms with Crippen molar-refractivity contribution >= 4 is 5.91 Å². The number of hydrogen-bond acceptors (Lipinski definition) is 2. The van der Waals surface area contributed by atoms with Crippen LogP contribution in [0.4, 0.5) is 0 Å². The Morgan fingerprint density at radius 2 is 1.91 bits per heavy atom. The molecule has 0 saturated heterocycles. The van der Waals surface area contributed by atoms with E-state index in [0.717, 1.165) is 28.2 Å². The SMILES string of the molecule is Cc1n[nH]c(C)c1CNC(=O)c1ccc(-c2ccccc2)n1C. The second kappa shape index (κ2) is 6.12. The van der Waals surface area contributed by atoms with Crippen LogP contribution in [0.2, 0.25) is 0 Å². The van der Waals surface area contributed by atoms with Gasteiger partial charge in [-0.15, -0.1) is 0 Å². The topological polar surface area (TPSA) is 62.7 Å². The van der Waals surface area contributed by atoms with Crippen molar-refractivity contribution in [3.05, 3.63) is 65.1 Å². The van der Waals surface area contributed by atoms with Gasteiger partial charge in [-0.05, 0) is 31.5 Å². The molecule has 0 aliphatic carbocycles. The first kappa shape index (κ1) is 15.1. The van der Waals surface area contributed by atoms with E-state index in [0.29, 0.717) is 12.2 Å². The lowest BCUT2D eigenvalue weighted by Crippen LogP contribution is -2.25. The van der Waals surface area contributed by atoms with Crippen molar-refractivity contribution in [1.29, 1.82) is 0 Å². The number of hydrogen-bond donors (Lipinski definition) is 2. The molecule has 0 spiro atoms. The highest BCUT2D eigenvalue weighted by molar-refractivity contribution is 5.93. The van der Waals surface area contributed by atoms with Gasteiger partial charge >= 0.3 is 0 Å². The van der Waals surface area contributed by atoms with Crippen molar-refractivity contribution in [2.45, 2.75) is 20.4 Å². The number of aromatic nitrogens is 3. The highest BCUT2D eigenvalue weighted by Crippen LogP contribution is 2.21. The number of benzene rings is 1. The molecule has 2 aromatic heterocycles. The lowest BCUT2D eigenvalue weighted by molar-refractivity contribution is 0.0943. The summed E-state index contributed by atoms with van der Waals surface area (Å²) in [5.74, 6) is -0.0883. The number of amides is 1. The smallest absolute Gasteiger partial charge is 0.268 e. The lowest BCUT2D eigenvalue weighted by atomic mass is 10.2. The minimum absolute atomic E-state index is 0.0883. The maximum atomic E-state index is 12.5. The largest absolute Gasteiger partial charge is 0.347 e. The van der Waals surface area contributed by atoms with Gasteiger partial charge < -0.3 is 9.88 Å². The molecule has 118 valence electrons. The van der Waals surface area contributed by atoms with E-state index in [1.165, 1.54) is 0 Å². The summed E-state index contributed by atoms with van der Waals surface area (Å²) in [6, 6.07) is 13.9. The molecule has 0 atom stereocenters. The van der Waals surface area contributed by atoms with Crippen molar-refractivity contribution in [2.24, 2.45) is 7.05 Å². The number of aryl methyl sites for hydroxylation is 2. The Bertz CT molecular complexity index is 811. The molecule has 23 heavy (non-hydrogen) atoms.